The van der Waals surface area contributed by atoms with Crippen molar-refractivity contribution in [3.8, 4) is 11.5 Å². The van der Waals surface area contributed by atoms with Crippen molar-refractivity contribution >= 4 is 11.0 Å². The Kier molecular flexibility index (Phi) is 4.02. The van der Waals surface area contributed by atoms with Crippen LogP contribution in [-0.4, -0.2) is 41.2 Å². The topological polar surface area (TPSA) is 50.4 Å². The number of pyridine rings is 1. The fourth-order valence-electron chi connectivity index (χ4n) is 4.22. The van der Waals surface area contributed by atoms with Gasteiger partial charge in [0.2, 0.25) is 0 Å². The van der Waals surface area contributed by atoms with Gasteiger partial charge in [-0.05, 0) is 55.6 Å². The molecule has 5 rings (SSSR count). The van der Waals surface area contributed by atoms with E-state index in [1.807, 2.05) is 18.3 Å². The summed E-state index contributed by atoms with van der Waals surface area (Å²) in [7, 11) is 0. The zero-order valence-corrected chi connectivity index (χ0v) is 14.8. The largest absolute Gasteiger partial charge is 0.486 e. The number of ether oxygens (including phenoxy) is 2. The third kappa shape index (κ3) is 2.82. The number of aromatic amines is 1. The van der Waals surface area contributed by atoms with E-state index in [4.69, 9.17) is 9.47 Å². The van der Waals surface area contributed by atoms with Crippen LogP contribution in [0.25, 0.3) is 11.0 Å². The molecule has 26 heavy (non-hydrogen) atoms. The number of likely N-dealkylation sites (tertiary alicyclic amines) is 1. The number of fused-ring (bicyclic) bond motifs is 2. The molecule has 0 spiro atoms. The molecule has 2 aliphatic rings. The van der Waals surface area contributed by atoms with Crippen molar-refractivity contribution in [1.82, 2.24) is 14.9 Å². The maximum absolute atomic E-state index is 5.86. The second-order valence-electron chi connectivity index (χ2n) is 7.14. The molecule has 0 amide bonds. The van der Waals surface area contributed by atoms with E-state index in [1.165, 1.54) is 29.4 Å². The Morgan fingerprint density at radius 2 is 1.96 bits per heavy atom. The third-order valence-corrected chi connectivity index (χ3v) is 5.55. The minimum absolute atomic E-state index is 0.605. The number of hydrogen-bond donors (Lipinski definition) is 1. The van der Waals surface area contributed by atoms with Crippen LogP contribution in [0.15, 0.2) is 42.7 Å². The van der Waals surface area contributed by atoms with Crippen LogP contribution in [0.3, 0.4) is 0 Å². The van der Waals surface area contributed by atoms with Crippen LogP contribution >= 0.6 is 0 Å². The van der Waals surface area contributed by atoms with E-state index >= 15 is 0 Å². The number of benzene rings is 1. The Morgan fingerprint density at radius 1 is 1.08 bits per heavy atom. The van der Waals surface area contributed by atoms with E-state index in [2.05, 4.69) is 39.3 Å². The number of aromatic nitrogens is 2. The molecule has 134 valence electrons. The fourth-order valence-corrected chi connectivity index (χ4v) is 4.22. The Bertz CT molecular complexity index is 913. The summed E-state index contributed by atoms with van der Waals surface area (Å²) in [5, 5.41) is 1.27. The molecule has 0 saturated carbocycles. The van der Waals surface area contributed by atoms with Gasteiger partial charge in [-0.25, -0.2) is 4.98 Å². The predicted octanol–water partition coefficient (Wildman–Crippen LogP) is 3.71. The molecular weight excluding hydrogens is 326 g/mol. The van der Waals surface area contributed by atoms with Gasteiger partial charge in [-0.2, -0.15) is 0 Å². The molecule has 3 aromatic rings. The van der Waals surface area contributed by atoms with Gasteiger partial charge in [0.25, 0.3) is 0 Å². The Morgan fingerprint density at radius 3 is 2.88 bits per heavy atom. The van der Waals surface area contributed by atoms with Crippen LogP contribution in [0, 0.1) is 0 Å². The molecule has 5 heteroatoms. The quantitative estimate of drug-likeness (QED) is 0.783. The summed E-state index contributed by atoms with van der Waals surface area (Å²) in [6.45, 7) is 4.40. The maximum Gasteiger partial charge on any atom is 0.165 e. The van der Waals surface area contributed by atoms with Gasteiger partial charge in [-0.15, -0.1) is 0 Å². The first kappa shape index (κ1) is 15.7. The zero-order valence-electron chi connectivity index (χ0n) is 14.8. The van der Waals surface area contributed by atoms with Crippen LogP contribution in [0.2, 0.25) is 0 Å². The second kappa shape index (κ2) is 6.65. The Hall–Kier alpha value is -2.53. The first-order chi connectivity index (χ1) is 12.9. The molecule has 2 aliphatic heterocycles. The molecule has 0 unspecified atom stereocenters. The number of nitrogens with one attached hydrogen (secondary N) is 1. The van der Waals surface area contributed by atoms with E-state index in [1.54, 1.807) is 0 Å². The maximum atomic E-state index is 5.86. The van der Waals surface area contributed by atoms with Crippen molar-refractivity contribution in [3.63, 3.8) is 0 Å². The lowest BCUT2D eigenvalue weighted by atomic mass is 9.89. The number of rotatable bonds is 3. The molecular formula is C21H23N3O2. The van der Waals surface area contributed by atoms with Crippen LogP contribution < -0.4 is 9.47 Å². The lowest BCUT2D eigenvalue weighted by Gasteiger charge is -2.32. The first-order valence-corrected chi connectivity index (χ1v) is 9.40. The van der Waals surface area contributed by atoms with Gasteiger partial charge >= 0.3 is 0 Å². The molecule has 0 radical (unpaired) electrons. The third-order valence-electron chi connectivity index (χ3n) is 5.55. The highest BCUT2D eigenvalue weighted by atomic mass is 16.6. The van der Waals surface area contributed by atoms with E-state index in [9.17, 15) is 0 Å². The summed E-state index contributed by atoms with van der Waals surface area (Å²) in [6.07, 6.45) is 6.34. The van der Waals surface area contributed by atoms with Crippen LogP contribution in [-0.2, 0) is 6.54 Å². The Labute approximate surface area is 152 Å². The van der Waals surface area contributed by atoms with Crippen molar-refractivity contribution in [2.24, 2.45) is 0 Å². The molecule has 0 atom stereocenters. The van der Waals surface area contributed by atoms with Crippen LogP contribution in [0.4, 0.5) is 0 Å². The summed E-state index contributed by atoms with van der Waals surface area (Å²) in [6, 6.07) is 10.4. The van der Waals surface area contributed by atoms with Gasteiger partial charge in [0.15, 0.2) is 11.5 Å². The molecule has 0 bridgehead atoms. The van der Waals surface area contributed by atoms with Crippen molar-refractivity contribution in [2.75, 3.05) is 26.3 Å². The van der Waals surface area contributed by atoms with Gasteiger partial charge in [0.1, 0.15) is 18.9 Å². The molecule has 0 aliphatic carbocycles. The highest BCUT2D eigenvalue weighted by molar-refractivity contribution is 5.80. The molecule has 1 N–H and O–H groups in total. The summed E-state index contributed by atoms with van der Waals surface area (Å²) < 4.78 is 11.6. The van der Waals surface area contributed by atoms with Crippen molar-refractivity contribution in [3.05, 3.63) is 53.9 Å². The molecule has 1 saturated heterocycles. The van der Waals surface area contributed by atoms with E-state index in [-0.39, 0.29) is 0 Å². The minimum Gasteiger partial charge on any atom is -0.486 e. The predicted molar refractivity (Wildman–Crippen MR) is 101 cm³/mol. The summed E-state index contributed by atoms with van der Waals surface area (Å²) in [4.78, 5) is 10.3. The molecule has 1 aromatic carbocycles. The number of nitrogens with zero attached hydrogens (tertiary/aromatic N) is 2. The highest BCUT2D eigenvalue weighted by Crippen LogP contribution is 2.36. The summed E-state index contributed by atoms with van der Waals surface area (Å²) in [5.74, 6) is 2.42. The van der Waals surface area contributed by atoms with E-state index in [0.29, 0.717) is 19.1 Å². The van der Waals surface area contributed by atoms with Gasteiger partial charge < -0.3 is 14.5 Å². The number of piperidine rings is 1. The molecule has 2 aromatic heterocycles. The molecule has 4 heterocycles. The van der Waals surface area contributed by atoms with E-state index in [0.717, 1.165) is 36.8 Å². The van der Waals surface area contributed by atoms with E-state index < -0.39 is 0 Å². The van der Waals surface area contributed by atoms with Gasteiger partial charge in [0.05, 0.1) is 0 Å². The van der Waals surface area contributed by atoms with Gasteiger partial charge in [-0.3, -0.25) is 4.90 Å². The monoisotopic (exact) mass is 349 g/mol. The van der Waals surface area contributed by atoms with Crippen molar-refractivity contribution < 1.29 is 9.47 Å². The lowest BCUT2D eigenvalue weighted by Crippen LogP contribution is -2.32. The number of para-hydroxylation sites is 1. The van der Waals surface area contributed by atoms with Gasteiger partial charge in [0, 0.05) is 29.9 Å². The highest BCUT2D eigenvalue weighted by Gasteiger charge is 2.24. The fraction of sp³-hybridized carbons (Fsp3) is 0.381. The lowest BCUT2D eigenvalue weighted by molar-refractivity contribution is 0.162. The molecule has 5 nitrogen and oxygen atoms in total. The standard InChI is InChI=1S/C21H23N3O2/c1-3-16(20-19(5-1)25-11-12-26-20)14-24-9-6-15(7-10-24)18-13-23-21-17(18)4-2-8-22-21/h1-5,8,13,15H,6-7,9-12,14H2,(H,22,23). The Balaban J connectivity index is 1.28. The SMILES string of the molecule is c1cc(CN2CCC(c3c[nH]c4ncccc34)CC2)c2c(c1)OCCO2. The summed E-state index contributed by atoms with van der Waals surface area (Å²) in [5.41, 5.74) is 3.65. The van der Waals surface area contributed by atoms with Crippen LogP contribution in [0.1, 0.15) is 29.9 Å². The average molecular weight is 349 g/mol. The van der Waals surface area contributed by atoms with Crippen molar-refractivity contribution in [2.45, 2.75) is 25.3 Å². The first-order valence-electron chi connectivity index (χ1n) is 9.40. The average Bonchev–Trinajstić information content (AvgIpc) is 3.13. The van der Waals surface area contributed by atoms with Crippen LogP contribution in [0.5, 0.6) is 11.5 Å². The van der Waals surface area contributed by atoms with Crippen molar-refractivity contribution in [1.29, 1.82) is 0 Å². The number of H-pyrrole nitrogens is 1. The zero-order chi connectivity index (χ0) is 17.3. The van der Waals surface area contributed by atoms with Gasteiger partial charge in [-0.1, -0.05) is 12.1 Å². The molecule has 1 fully saturated rings. The summed E-state index contributed by atoms with van der Waals surface area (Å²) >= 11 is 0. The smallest absolute Gasteiger partial charge is 0.165 e. The second-order valence-corrected chi connectivity index (χ2v) is 7.14. The number of hydrogen-bond acceptors (Lipinski definition) is 4. The minimum atomic E-state index is 0.605. The normalized spacial score (nSPS) is 18.3.